The van der Waals surface area contributed by atoms with E-state index in [1.54, 1.807) is 0 Å². The van der Waals surface area contributed by atoms with Crippen LogP contribution in [0.1, 0.15) is 36.6 Å². The van der Waals surface area contributed by atoms with Gasteiger partial charge in [-0.3, -0.25) is 4.79 Å². The molecule has 2 aromatic rings. The van der Waals surface area contributed by atoms with E-state index in [4.69, 9.17) is 4.74 Å². The van der Waals surface area contributed by atoms with Crippen molar-refractivity contribution in [2.75, 3.05) is 13.1 Å². The predicted octanol–water partition coefficient (Wildman–Crippen LogP) is 3.90. The molecule has 1 aromatic carbocycles. The highest BCUT2D eigenvalue weighted by Crippen LogP contribution is 2.45. The van der Waals surface area contributed by atoms with Gasteiger partial charge >= 0.3 is 0 Å². The number of carbonyl (C=O) groups excluding carboxylic acids is 1. The van der Waals surface area contributed by atoms with Gasteiger partial charge in [0.25, 0.3) is 5.91 Å². The number of carbonyl (C=O) groups is 1. The second kappa shape index (κ2) is 6.39. The average Bonchev–Trinajstić information content (AvgIpc) is 3.43. The number of hydrogen-bond acceptors (Lipinski definition) is 4. The second-order valence-corrected chi connectivity index (χ2v) is 8.24. The molecule has 3 aliphatic rings. The van der Waals surface area contributed by atoms with E-state index >= 15 is 0 Å². The molecule has 1 saturated heterocycles. The van der Waals surface area contributed by atoms with Crippen LogP contribution in [0.5, 0.6) is 0 Å². The maximum Gasteiger partial charge on any atom is 0.286 e. The maximum absolute atomic E-state index is 12.4. The third-order valence-corrected chi connectivity index (χ3v) is 7.00. The van der Waals surface area contributed by atoms with Crippen molar-refractivity contribution in [2.45, 2.75) is 32.0 Å². The molecule has 1 fully saturated rings. The number of aliphatic imine (C=N–C) groups is 1. The molecule has 5 rings (SSSR count). The number of ether oxygens (including phenoxy) is 1. The number of fused-ring (bicyclic) bond motifs is 2. The zero-order valence-electron chi connectivity index (χ0n) is 15.2. The molecule has 0 radical (unpaired) electrons. The highest BCUT2D eigenvalue weighted by molar-refractivity contribution is 8.18. The first-order valence-corrected chi connectivity index (χ1v) is 10.1. The van der Waals surface area contributed by atoms with E-state index < -0.39 is 0 Å². The molecule has 5 nitrogen and oxygen atoms in total. The van der Waals surface area contributed by atoms with Gasteiger partial charge in [0.2, 0.25) is 0 Å². The smallest absolute Gasteiger partial charge is 0.286 e. The summed E-state index contributed by atoms with van der Waals surface area (Å²) in [7, 11) is 0. The number of nitrogens with one attached hydrogen (secondary N) is 1. The number of hydrogen-bond donors (Lipinski definition) is 1. The van der Waals surface area contributed by atoms with E-state index in [0.29, 0.717) is 6.61 Å². The minimum atomic E-state index is -0.167. The molecular weight excluding hydrogens is 358 g/mol. The molecule has 1 N–H and O–H groups in total. The predicted molar refractivity (Wildman–Crippen MR) is 107 cm³/mol. The van der Waals surface area contributed by atoms with E-state index in [2.05, 4.69) is 39.1 Å². The summed E-state index contributed by atoms with van der Waals surface area (Å²) in [5, 5.41) is 0.821. The van der Waals surface area contributed by atoms with Gasteiger partial charge in [0, 0.05) is 25.0 Å². The number of benzene rings is 1. The fraction of sp³-hybridized carbons (Fsp3) is 0.333. The maximum atomic E-state index is 12.4. The molecule has 0 unspecified atom stereocenters. The summed E-state index contributed by atoms with van der Waals surface area (Å²) >= 11 is 1.49. The summed E-state index contributed by atoms with van der Waals surface area (Å²) in [6.45, 7) is 4.37. The van der Waals surface area contributed by atoms with Gasteiger partial charge < -0.3 is 14.6 Å². The Labute approximate surface area is 162 Å². The highest BCUT2D eigenvalue weighted by atomic mass is 32.2. The van der Waals surface area contributed by atoms with Crippen molar-refractivity contribution in [1.29, 1.82) is 0 Å². The van der Waals surface area contributed by atoms with Crippen LogP contribution < -0.4 is 0 Å². The Bertz CT molecular complexity index is 954. The van der Waals surface area contributed by atoms with E-state index in [9.17, 15) is 4.79 Å². The first-order chi connectivity index (χ1) is 13.2. The lowest BCUT2D eigenvalue weighted by Crippen LogP contribution is -2.44. The van der Waals surface area contributed by atoms with E-state index in [1.807, 2.05) is 25.3 Å². The third-order valence-electron chi connectivity index (χ3n) is 5.78. The van der Waals surface area contributed by atoms with Crippen molar-refractivity contribution in [2.24, 2.45) is 4.99 Å². The fourth-order valence-corrected chi connectivity index (χ4v) is 5.23. The summed E-state index contributed by atoms with van der Waals surface area (Å²) in [5.74, 6) is -0.134. The quantitative estimate of drug-likeness (QED) is 0.764. The van der Waals surface area contributed by atoms with Crippen molar-refractivity contribution >= 4 is 28.4 Å². The van der Waals surface area contributed by atoms with Crippen LogP contribution in [-0.2, 0) is 21.7 Å². The van der Waals surface area contributed by atoms with Crippen LogP contribution in [0.3, 0.4) is 0 Å². The van der Waals surface area contributed by atoms with Gasteiger partial charge in [0.1, 0.15) is 0 Å². The van der Waals surface area contributed by atoms with Crippen molar-refractivity contribution < 1.29 is 9.53 Å². The van der Waals surface area contributed by atoms with Gasteiger partial charge in [0.15, 0.2) is 5.17 Å². The number of allylic oxidation sites excluding steroid dienone is 1. The topological polar surface area (TPSA) is 57.7 Å². The Morgan fingerprint density at radius 1 is 1.22 bits per heavy atom. The number of likely N-dealkylation sites (tertiary alicyclic amines) is 1. The first kappa shape index (κ1) is 16.8. The Kier molecular flexibility index (Phi) is 3.98. The lowest BCUT2D eigenvalue weighted by molar-refractivity contribution is -0.113. The minimum Gasteiger partial charge on any atom is -0.365 e. The van der Waals surface area contributed by atoms with Crippen LogP contribution in [-0.4, -0.2) is 34.0 Å². The van der Waals surface area contributed by atoms with Crippen molar-refractivity contribution in [3.8, 4) is 0 Å². The summed E-state index contributed by atoms with van der Waals surface area (Å²) < 4.78 is 6.24. The molecule has 0 aliphatic carbocycles. The molecule has 0 saturated carbocycles. The molecular formula is C21H21N3O2S. The summed E-state index contributed by atoms with van der Waals surface area (Å²) in [5.41, 5.74) is 4.40. The van der Waals surface area contributed by atoms with E-state index in [0.717, 1.165) is 47.3 Å². The van der Waals surface area contributed by atoms with Crippen molar-refractivity contribution in [3.63, 3.8) is 0 Å². The van der Waals surface area contributed by atoms with Crippen molar-refractivity contribution in [1.82, 2.24) is 9.88 Å². The van der Waals surface area contributed by atoms with E-state index in [-0.39, 0.29) is 11.5 Å². The largest absolute Gasteiger partial charge is 0.365 e. The first-order valence-electron chi connectivity index (χ1n) is 9.29. The number of amidine groups is 1. The number of H-pyrrole nitrogens is 1. The summed E-state index contributed by atoms with van der Waals surface area (Å²) in [6, 6.07) is 12.4. The number of rotatable bonds is 1. The van der Waals surface area contributed by atoms with Gasteiger partial charge in [-0.05, 0) is 60.4 Å². The van der Waals surface area contributed by atoms with Gasteiger partial charge in [-0.1, -0.05) is 24.3 Å². The Morgan fingerprint density at radius 2 is 2.04 bits per heavy atom. The number of aromatic amines is 1. The highest BCUT2D eigenvalue weighted by Gasteiger charge is 2.43. The second-order valence-electron chi connectivity index (χ2n) is 7.27. The summed E-state index contributed by atoms with van der Waals surface area (Å²) in [4.78, 5) is 22.9. The summed E-state index contributed by atoms with van der Waals surface area (Å²) in [6.07, 6.45) is 3.72. The van der Waals surface area contributed by atoms with Crippen LogP contribution in [0.4, 0.5) is 0 Å². The van der Waals surface area contributed by atoms with Crippen molar-refractivity contribution in [3.05, 3.63) is 64.3 Å². The zero-order valence-corrected chi connectivity index (χ0v) is 16.0. The fourth-order valence-electron chi connectivity index (χ4n) is 4.21. The molecule has 138 valence electrons. The molecule has 4 heterocycles. The van der Waals surface area contributed by atoms with Gasteiger partial charge in [0.05, 0.1) is 17.1 Å². The Balaban J connectivity index is 1.32. The Morgan fingerprint density at radius 3 is 2.81 bits per heavy atom. The van der Waals surface area contributed by atoms with E-state index in [1.165, 1.54) is 22.9 Å². The lowest BCUT2D eigenvalue weighted by Gasteiger charge is -2.39. The molecule has 6 heteroatoms. The van der Waals surface area contributed by atoms with Gasteiger partial charge in [-0.25, -0.2) is 0 Å². The van der Waals surface area contributed by atoms with Crippen LogP contribution in [0.25, 0.3) is 5.57 Å². The normalized spacial score (nSPS) is 22.9. The molecule has 1 aromatic heterocycles. The molecule has 1 amide bonds. The minimum absolute atomic E-state index is 0.134. The molecule has 1 spiro atoms. The van der Waals surface area contributed by atoms with Crippen LogP contribution in [0.15, 0.2) is 52.5 Å². The molecule has 3 aliphatic heterocycles. The lowest BCUT2D eigenvalue weighted by atomic mass is 9.84. The SMILES string of the molecule is C/C(=C1/SC(N2CCC3(CC2)OCc2ccccc23)=NC1=O)c1ccc[nH]1. The van der Waals surface area contributed by atoms with Crippen LogP contribution in [0.2, 0.25) is 0 Å². The number of amides is 1. The third kappa shape index (κ3) is 2.75. The van der Waals surface area contributed by atoms with Crippen LogP contribution in [0, 0.1) is 0 Å². The number of aromatic nitrogens is 1. The monoisotopic (exact) mass is 379 g/mol. The molecule has 27 heavy (non-hydrogen) atoms. The standard InChI is InChI=1S/C21H21N3O2S/c1-14(17-7-4-10-22-17)18-19(25)23-20(27-18)24-11-8-21(9-12-24)16-6-3-2-5-15(16)13-26-21/h2-7,10,22H,8-9,11-13H2,1H3/b18-14-. The number of nitrogens with zero attached hydrogens (tertiary/aromatic N) is 2. The number of thioether (sulfide) groups is 1. The zero-order chi connectivity index (χ0) is 18.4. The van der Waals surface area contributed by atoms with Gasteiger partial charge in [-0.15, -0.1) is 0 Å². The number of piperidine rings is 1. The Hall–Kier alpha value is -2.31. The average molecular weight is 379 g/mol. The molecule has 0 bridgehead atoms. The molecule has 0 atom stereocenters. The van der Waals surface area contributed by atoms with Gasteiger partial charge in [-0.2, -0.15) is 4.99 Å². The van der Waals surface area contributed by atoms with Crippen LogP contribution >= 0.6 is 11.8 Å².